The van der Waals surface area contributed by atoms with Gasteiger partial charge >= 0.3 is 0 Å². The van der Waals surface area contributed by atoms with Crippen LogP contribution in [0.15, 0.2) is 66.9 Å². The number of nitrogens with two attached hydrogens (primary N) is 2. The lowest BCUT2D eigenvalue weighted by Gasteiger charge is -2.31. The lowest BCUT2D eigenvalue weighted by atomic mass is 9.93. The summed E-state index contributed by atoms with van der Waals surface area (Å²) in [4.78, 5) is 47.7. The number of nitrogens with zero attached hydrogens (tertiary/aromatic N) is 2. The molecule has 9 heteroatoms. The lowest BCUT2D eigenvalue weighted by Crippen LogP contribution is -2.46. The van der Waals surface area contributed by atoms with Crippen molar-refractivity contribution in [2.24, 2.45) is 11.5 Å². The minimum atomic E-state index is -0.877. The summed E-state index contributed by atoms with van der Waals surface area (Å²) in [5.41, 5.74) is 18.0. The van der Waals surface area contributed by atoms with E-state index in [0.717, 1.165) is 33.5 Å². The lowest BCUT2D eigenvalue weighted by molar-refractivity contribution is -0.135. The maximum Gasteiger partial charge on any atom is 0.248 e. The Morgan fingerprint density at radius 3 is 2.20 bits per heavy atom. The Labute approximate surface area is 259 Å². The zero-order valence-electron chi connectivity index (χ0n) is 26.6. The molecule has 9 nitrogen and oxygen atoms in total. The smallest absolute Gasteiger partial charge is 0.248 e. The Morgan fingerprint density at radius 2 is 1.64 bits per heavy atom. The standard InChI is InChI=1S/C33H37N5O4.C2H6/c1-19-13-25(31(35)40)14-20(2)26(19)16-28(34)33(41)38(18-23-11-12-30(42-5)27(15-23)22(4)39)21(3)32-36-17-29(37-32)24-9-7-6-8-10-24;1-2/h6-15,17,21,28H,16,18,34H2,1-5H3,(H2,35,40)(H,36,37);1-2H3. The molecular weight excluding hydrogens is 554 g/mol. The highest BCUT2D eigenvalue weighted by Crippen LogP contribution is 2.28. The average Bonchev–Trinajstić information content (AvgIpc) is 3.52. The number of hydrogen-bond donors (Lipinski definition) is 3. The maximum absolute atomic E-state index is 14.1. The Kier molecular flexibility index (Phi) is 11.6. The minimum Gasteiger partial charge on any atom is -0.496 e. The number of methoxy groups -OCH3 is 1. The quantitative estimate of drug-likeness (QED) is 0.190. The number of ketones is 1. The highest BCUT2D eigenvalue weighted by atomic mass is 16.5. The second-order valence-electron chi connectivity index (χ2n) is 10.5. The van der Waals surface area contributed by atoms with Gasteiger partial charge in [0.1, 0.15) is 11.6 Å². The monoisotopic (exact) mass is 597 g/mol. The number of amides is 2. The largest absolute Gasteiger partial charge is 0.496 e. The third-order valence-electron chi connectivity index (χ3n) is 7.54. The Bertz CT molecular complexity index is 1590. The first kappa shape index (κ1) is 33.7. The van der Waals surface area contributed by atoms with Crippen LogP contribution in [0.25, 0.3) is 11.3 Å². The topological polar surface area (TPSA) is 144 Å². The highest BCUT2D eigenvalue weighted by molar-refractivity contribution is 5.97. The molecule has 2 unspecified atom stereocenters. The van der Waals surface area contributed by atoms with E-state index in [-0.39, 0.29) is 24.7 Å². The van der Waals surface area contributed by atoms with Gasteiger partial charge in [-0.2, -0.15) is 0 Å². The Morgan fingerprint density at radius 1 is 1.00 bits per heavy atom. The number of H-pyrrole nitrogens is 1. The number of primary amides is 1. The van der Waals surface area contributed by atoms with E-state index in [1.807, 2.05) is 71.0 Å². The Balaban J connectivity index is 0.00000259. The molecule has 0 spiro atoms. The summed E-state index contributed by atoms with van der Waals surface area (Å²) in [6.07, 6.45) is 2.02. The fraction of sp³-hybridized carbons (Fsp3) is 0.314. The molecule has 2 amide bonds. The summed E-state index contributed by atoms with van der Waals surface area (Å²) in [5, 5.41) is 0. The molecule has 0 bridgehead atoms. The van der Waals surface area contributed by atoms with Crippen molar-refractivity contribution in [3.05, 3.63) is 106 Å². The normalized spacial score (nSPS) is 12.0. The number of hydrogen-bond acceptors (Lipinski definition) is 6. The van der Waals surface area contributed by atoms with Crippen LogP contribution in [-0.2, 0) is 17.8 Å². The average molecular weight is 598 g/mol. The van der Waals surface area contributed by atoms with E-state index in [1.165, 1.54) is 14.0 Å². The van der Waals surface area contributed by atoms with Gasteiger partial charge in [0.15, 0.2) is 5.78 Å². The number of Topliss-reactive ketones (excluding diaryl/α,β-unsaturated/α-hetero) is 1. The number of benzene rings is 3. The van der Waals surface area contributed by atoms with E-state index in [4.69, 9.17) is 16.2 Å². The first-order valence-electron chi connectivity index (χ1n) is 14.7. The van der Waals surface area contributed by atoms with Gasteiger partial charge < -0.3 is 26.1 Å². The van der Waals surface area contributed by atoms with E-state index in [9.17, 15) is 14.4 Å². The van der Waals surface area contributed by atoms with Crippen molar-refractivity contribution in [1.82, 2.24) is 14.9 Å². The van der Waals surface area contributed by atoms with E-state index in [0.29, 0.717) is 22.7 Å². The van der Waals surface area contributed by atoms with Crippen LogP contribution in [0.5, 0.6) is 5.75 Å². The molecule has 0 saturated carbocycles. The molecule has 2 atom stereocenters. The van der Waals surface area contributed by atoms with Gasteiger partial charge in [0.25, 0.3) is 0 Å². The molecule has 0 aliphatic carbocycles. The van der Waals surface area contributed by atoms with E-state index in [2.05, 4.69) is 9.97 Å². The minimum absolute atomic E-state index is 0.139. The maximum atomic E-state index is 14.1. The number of rotatable bonds is 11. The van der Waals surface area contributed by atoms with Crippen molar-refractivity contribution in [2.75, 3.05) is 7.11 Å². The first-order valence-corrected chi connectivity index (χ1v) is 14.7. The van der Waals surface area contributed by atoms with Gasteiger partial charge in [0, 0.05) is 12.1 Å². The number of aromatic nitrogens is 2. The molecule has 0 fully saturated rings. The first-order chi connectivity index (χ1) is 21.0. The predicted molar refractivity (Wildman–Crippen MR) is 173 cm³/mol. The van der Waals surface area contributed by atoms with Crippen molar-refractivity contribution in [1.29, 1.82) is 0 Å². The summed E-state index contributed by atoms with van der Waals surface area (Å²) in [6.45, 7) is 11.3. The van der Waals surface area contributed by atoms with Gasteiger partial charge in [0.2, 0.25) is 11.8 Å². The number of ether oxygens (including phenoxy) is 1. The van der Waals surface area contributed by atoms with E-state index >= 15 is 0 Å². The molecule has 232 valence electrons. The van der Waals surface area contributed by atoms with Crippen molar-refractivity contribution in [3.63, 3.8) is 0 Å². The number of aryl methyl sites for hydroxylation is 2. The van der Waals surface area contributed by atoms with Gasteiger partial charge in [0.05, 0.1) is 36.6 Å². The SMILES string of the molecule is CC.COc1ccc(CN(C(=O)C(N)Cc2c(C)cc(C(N)=O)cc2C)C(C)c2ncc(-c3ccccc3)[nH]2)cc1C(C)=O. The molecule has 4 rings (SSSR count). The molecule has 0 aliphatic heterocycles. The van der Waals surface area contributed by atoms with Crippen LogP contribution in [0.1, 0.15) is 82.5 Å². The summed E-state index contributed by atoms with van der Waals surface area (Å²) < 4.78 is 5.36. The van der Waals surface area contributed by atoms with Crippen LogP contribution in [-0.4, -0.2) is 45.6 Å². The summed E-state index contributed by atoms with van der Waals surface area (Å²) >= 11 is 0. The van der Waals surface area contributed by atoms with Crippen LogP contribution < -0.4 is 16.2 Å². The third kappa shape index (κ3) is 7.79. The molecule has 0 radical (unpaired) electrons. The summed E-state index contributed by atoms with van der Waals surface area (Å²) in [6, 6.07) is 17.2. The van der Waals surface area contributed by atoms with Crippen molar-refractivity contribution < 1.29 is 19.1 Å². The van der Waals surface area contributed by atoms with Crippen LogP contribution in [0.3, 0.4) is 0 Å². The summed E-state index contributed by atoms with van der Waals surface area (Å²) in [7, 11) is 1.51. The molecule has 5 N–H and O–H groups in total. The van der Waals surface area contributed by atoms with Crippen molar-refractivity contribution in [2.45, 2.75) is 66.6 Å². The third-order valence-corrected chi connectivity index (χ3v) is 7.54. The molecule has 0 saturated heterocycles. The van der Waals surface area contributed by atoms with Crippen LogP contribution >= 0.6 is 0 Å². The molecule has 44 heavy (non-hydrogen) atoms. The number of aromatic amines is 1. The van der Waals surface area contributed by atoms with Crippen LogP contribution in [0.4, 0.5) is 0 Å². The zero-order chi connectivity index (χ0) is 32.6. The molecule has 4 aromatic rings. The number of carbonyl (C=O) groups excluding carboxylic acids is 3. The molecule has 0 aliphatic rings. The van der Waals surface area contributed by atoms with Crippen molar-refractivity contribution >= 4 is 17.6 Å². The molecule has 1 aromatic heterocycles. The van der Waals surface area contributed by atoms with Crippen LogP contribution in [0, 0.1) is 13.8 Å². The predicted octanol–water partition coefficient (Wildman–Crippen LogP) is 5.69. The Hall–Kier alpha value is -4.76. The fourth-order valence-corrected chi connectivity index (χ4v) is 5.17. The van der Waals surface area contributed by atoms with E-state index < -0.39 is 18.0 Å². The van der Waals surface area contributed by atoms with Gasteiger partial charge in [-0.1, -0.05) is 50.2 Å². The number of carbonyl (C=O) groups is 3. The van der Waals surface area contributed by atoms with E-state index in [1.54, 1.807) is 35.4 Å². The summed E-state index contributed by atoms with van der Waals surface area (Å²) in [5.74, 6) is 0.148. The highest BCUT2D eigenvalue weighted by Gasteiger charge is 2.29. The van der Waals surface area contributed by atoms with Gasteiger partial charge in [-0.3, -0.25) is 14.4 Å². The molecule has 1 heterocycles. The number of imidazole rings is 1. The van der Waals surface area contributed by atoms with Gasteiger partial charge in [-0.05, 0) is 86.2 Å². The number of nitrogens with one attached hydrogen (secondary N) is 1. The molecule has 3 aromatic carbocycles. The fourth-order valence-electron chi connectivity index (χ4n) is 5.17. The van der Waals surface area contributed by atoms with Gasteiger partial charge in [-0.15, -0.1) is 0 Å². The molecular formula is C35H43N5O4. The second-order valence-corrected chi connectivity index (χ2v) is 10.5. The van der Waals surface area contributed by atoms with Gasteiger partial charge in [-0.25, -0.2) is 4.98 Å². The zero-order valence-corrected chi connectivity index (χ0v) is 26.6. The van der Waals surface area contributed by atoms with Crippen molar-refractivity contribution in [3.8, 4) is 17.0 Å². The van der Waals surface area contributed by atoms with Crippen LogP contribution in [0.2, 0.25) is 0 Å². The second kappa shape index (κ2) is 15.1.